The van der Waals surface area contributed by atoms with Crippen molar-refractivity contribution in [2.75, 3.05) is 26.2 Å². The average Bonchev–Trinajstić information content (AvgIpc) is 1.57. The van der Waals surface area contributed by atoms with Crippen LogP contribution >= 0.6 is 0 Å². The Morgan fingerprint density at radius 3 is 1.28 bits per heavy atom. The van der Waals surface area contributed by atoms with Crippen molar-refractivity contribution in [3.63, 3.8) is 0 Å². The zero-order valence-electron chi connectivity index (χ0n) is 56.1. The molecular weight excluding hydrogens is 1310 g/mol. The Balaban J connectivity index is 0.000000227. The number of halogens is 4. The second kappa shape index (κ2) is 33.6. The molecule has 516 valence electrons. The van der Waals surface area contributed by atoms with Crippen LogP contribution in [0.15, 0.2) is 168 Å². The van der Waals surface area contributed by atoms with Crippen molar-refractivity contribution in [2.24, 2.45) is 11.8 Å². The second-order valence-electron chi connectivity index (χ2n) is 26.5. The molecule has 0 bridgehead atoms. The number of aliphatic carboxylic acids is 1. The van der Waals surface area contributed by atoms with Crippen LogP contribution in [0.2, 0.25) is 0 Å². The Bertz CT molecular complexity index is 4200. The third kappa shape index (κ3) is 18.2. The number of cyclic esters (lactones) is 1. The van der Waals surface area contributed by atoms with Crippen LogP contribution in [-0.2, 0) is 60.3 Å². The summed E-state index contributed by atoms with van der Waals surface area (Å²) in [6.45, 7) is 9.38. The molecule has 3 aliphatic heterocycles. The smallest absolute Gasteiger partial charge is 0.550 e. The van der Waals surface area contributed by atoms with E-state index >= 15 is 0 Å². The second-order valence-corrected chi connectivity index (χ2v) is 30.2. The third-order valence-corrected chi connectivity index (χ3v) is 22.7. The van der Waals surface area contributed by atoms with Gasteiger partial charge in [0.1, 0.15) is 39.2 Å². The number of aliphatic hydroxyl groups is 3. The van der Waals surface area contributed by atoms with Crippen LogP contribution in [0.4, 0.5) is 17.6 Å². The number of rotatable bonds is 24. The van der Waals surface area contributed by atoms with E-state index in [0.717, 1.165) is 25.7 Å². The topological polar surface area (TPSA) is 212 Å². The SMILES string of the molecule is CC(C)c1c(S(=O)(=O)N2CCC(Cc3ccccc3)CC2)c(-c2ccc(F)cc2)c(-c2ccc(F)cc2)n1CCC1C[C@@H](O)CC(=O)O1.CC(C)c1c(S(=O)(=O)N2CCC(Cc3ccccc3)CC2)c(-c2ccc(F)cc2)c(-c2ccc(F)cc2)n1CC[C@@H](O)C[C@@H](O)CC(=O)[O-].[Na+]. The van der Waals surface area contributed by atoms with Gasteiger partial charge in [0.25, 0.3) is 0 Å². The predicted molar refractivity (Wildman–Crippen MR) is 362 cm³/mol. The van der Waals surface area contributed by atoms with Gasteiger partial charge in [-0.25, -0.2) is 34.4 Å². The van der Waals surface area contributed by atoms with Crippen LogP contribution in [0.1, 0.15) is 126 Å². The summed E-state index contributed by atoms with van der Waals surface area (Å²) in [6.07, 6.45) is 0.527. The Morgan fingerprint density at radius 1 is 0.551 bits per heavy atom. The predicted octanol–water partition coefficient (Wildman–Crippen LogP) is 9.84. The summed E-state index contributed by atoms with van der Waals surface area (Å²) in [7, 11) is -8.22. The van der Waals surface area contributed by atoms with Crippen molar-refractivity contribution in [1.82, 2.24) is 17.7 Å². The molecule has 3 fully saturated rings. The van der Waals surface area contributed by atoms with E-state index in [1.165, 1.54) is 76.1 Å². The van der Waals surface area contributed by atoms with Crippen LogP contribution < -0.4 is 34.7 Å². The normalized spacial score (nSPS) is 17.5. The number of carboxylic acid groups (broad SMARTS) is 1. The summed E-state index contributed by atoms with van der Waals surface area (Å²) in [5.41, 5.74) is 7.41. The molecule has 11 rings (SSSR count). The summed E-state index contributed by atoms with van der Waals surface area (Å²) >= 11 is 0. The van der Waals surface area contributed by atoms with E-state index in [4.69, 9.17) is 4.74 Å². The molecule has 8 aromatic rings. The van der Waals surface area contributed by atoms with Gasteiger partial charge in [-0.3, -0.25) is 4.79 Å². The molecule has 6 aromatic carbocycles. The molecule has 3 N–H and O–H groups in total. The Kier molecular flexibility index (Phi) is 25.9. The van der Waals surface area contributed by atoms with E-state index < -0.39 is 86.1 Å². The van der Waals surface area contributed by atoms with E-state index in [1.54, 1.807) is 40.7 Å². The van der Waals surface area contributed by atoms with Crippen LogP contribution in [0, 0.1) is 35.1 Å². The first-order valence-corrected chi connectivity index (χ1v) is 36.3. The van der Waals surface area contributed by atoms with Crippen molar-refractivity contribution in [3.8, 4) is 44.8 Å². The Hall–Kier alpha value is -6.76. The summed E-state index contributed by atoms with van der Waals surface area (Å²) in [4.78, 5) is 23.4. The maximum atomic E-state index is 15.0. The number of carbonyl (C=O) groups is 2. The van der Waals surface area contributed by atoms with Crippen molar-refractivity contribution in [1.29, 1.82) is 0 Å². The number of aliphatic hydroxyl groups excluding tert-OH is 3. The molecule has 0 aliphatic carbocycles. The Morgan fingerprint density at radius 2 is 0.918 bits per heavy atom. The molecule has 3 saturated heterocycles. The largest absolute Gasteiger partial charge is 1.00 e. The fourth-order valence-corrected chi connectivity index (χ4v) is 18.2. The number of ether oxygens (including phenoxy) is 1. The molecule has 0 amide bonds. The van der Waals surface area contributed by atoms with Crippen LogP contribution in [0.25, 0.3) is 44.8 Å². The summed E-state index contributed by atoms with van der Waals surface area (Å²) in [5, 5.41) is 42.2. The van der Waals surface area contributed by atoms with E-state index in [0.29, 0.717) is 113 Å². The minimum Gasteiger partial charge on any atom is -0.550 e. The monoisotopic (exact) mass is 1390 g/mol. The Labute approximate surface area is 594 Å². The summed E-state index contributed by atoms with van der Waals surface area (Å²) in [5.74, 6) is -3.68. The van der Waals surface area contributed by atoms with Gasteiger partial charge in [0.15, 0.2) is 0 Å². The number of aromatic nitrogens is 2. The third-order valence-electron chi connectivity index (χ3n) is 18.7. The molecule has 0 saturated carbocycles. The zero-order chi connectivity index (χ0) is 69.3. The van der Waals surface area contributed by atoms with Gasteiger partial charge in [-0.1, -0.05) is 113 Å². The number of hydrogen-bond acceptors (Lipinski definition) is 11. The average molecular weight is 1390 g/mol. The molecule has 98 heavy (non-hydrogen) atoms. The van der Waals surface area contributed by atoms with Gasteiger partial charge in [0.2, 0.25) is 20.0 Å². The fourth-order valence-electron chi connectivity index (χ4n) is 14.1. The van der Waals surface area contributed by atoms with Gasteiger partial charge in [-0.2, -0.15) is 8.61 Å². The molecule has 22 heteroatoms. The first-order valence-electron chi connectivity index (χ1n) is 33.4. The molecule has 3 aliphatic rings. The van der Waals surface area contributed by atoms with Gasteiger partial charge >= 0.3 is 35.5 Å². The van der Waals surface area contributed by atoms with Crippen molar-refractivity contribution in [2.45, 2.75) is 164 Å². The van der Waals surface area contributed by atoms with Crippen LogP contribution in [0.5, 0.6) is 0 Å². The maximum absolute atomic E-state index is 15.0. The molecule has 2 aromatic heterocycles. The summed E-state index contributed by atoms with van der Waals surface area (Å²) in [6, 6.07) is 43.3. The van der Waals surface area contributed by atoms with Crippen molar-refractivity contribution < 1.29 is 98.7 Å². The fraction of sp³-hybridized carbons (Fsp3) is 0.395. The van der Waals surface area contributed by atoms with Gasteiger partial charge in [0.05, 0.1) is 36.1 Å². The number of nitrogens with zero attached hydrogens (tertiary/aromatic N) is 4. The van der Waals surface area contributed by atoms with E-state index in [2.05, 4.69) is 24.3 Å². The van der Waals surface area contributed by atoms with E-state index in [9.17, 15) is 64.4 Å². The van der Waals surface area contributed by atoms with Gasteiger partial charge in [0, 0.05) is 87.0 Å². The van der Waals surface area contributed by atoms with E-state index in [1.807, 2.05) is 73.2 Å². The zero-order valence-corrected chi connectivity index (χ0v) is 59.7. The van der Waals surface area contributed by atoms with Gasteiger partial charge < -0.3 is 39.1 Å². The van der Waals surface area contributed by atoms with Gasteiger partial charge in [-0.15, -0.1) is 0 Å². The number of esters is 1. The van der Waals surface area contributed by atoms with Crippen LogP contribution in [0.3, 0.4) is 0 Å². The summed E-state index contributed by atoms with van der Waals surface area (Å²) < 4.78 is 129. The number of sulfonamides is 2. The number of piperidine rings is 2. The number of benzene rings is 6. The minimum absolute atomic E-state index is 0. The standard InChI is InChI=1S/C38H44F2N2O6S.C38H42F2N2O5S.Na/c1-25(2)36-38(49(47,48)41-19-16-27(17-20-41)22-26-6-4-3-5-7-26)35(28-8-12-30(39)13-9-28)37(29-10-14-31(40)15-11-29)42(36)21-18-32(43)23-33(44)24-34(45)46;1-25(2)36-38(48(45,46)41-19-16-27(17-20-41)22-26-6-4-3-5-7-26)35(28-8-12-30(39)13-9-28)37(29-10-14-31(40)15-11-29)42(36)21-18-33-23-32(43)24-34(44)47-33;/h3-15,25,27,32-33,43-44H,16-24H2,1-2H3,(H,45,46);3-15,25,27,32-33,43H,16-24H2,1-2H3;/q;;+1/p-1/t32-,33-;32-,33?;/m11./s1. The molecule has 0 spiro atoms. The van der Waals surface area contributed by atoms with Crippen molar-refractivity contribution >= 4 is 32.0 Å². The molecule has 15 nitrogen and oxygen atoms in total. The van der Waals surface area contributed by atoms with E-state index in [-0.39, 0.29) is 90.0 Å². The minimum atomic E-state index is -4.14. The van der Waals surface area contributed by atoms with Gasteiger partial charge in [-0.05, 0) is 181 Å². The molecular formula is C76H85F4N4NaO11S2. The molecule has 0 radical (unpaired) electrons. The molecule has 4 atom stereocenters. The number of carboxylic acids is 1. The van der Waals surface area contributed by atoms with Crippen molar-refractivity contribution in [3.05, 3.63) is 204 Å². The first kappa shape index (κ1) is 75.4. The maximum Gasteiger partial charge on any atom is 1.00 e. The molecule has 5 heterocycles. The first-order chi connectivity index (χ1) is 46.4. The quantitative estimate of drug-likeness (QED) is 0.0294. The number of carbonyl (C=O) groups excluding carboxylic acids is 2. The molecule has 1 unspecified atom stereocenters. The number of hydrogen-bond donors (Lipinski definition) is 3. The van der Waals surface area contributed by atoms with Crippen LogP contribution in [-0.4, -0.2) is 112 Å².